The molecule has 2 atom stereocenters. The minimum Gasteiger partial charge on any atom is -0.545 e. The summed E-state index contributed by atoms with van der Waals surface area (Å²) < 4.78 is 22.7. The number of likely N-dealkylation sites (N-methyl/N-ethyl adjacent to an activating group) is 1. The molecule has 0 rings (SSSR count). The van der Waals surface area contributed by atoms with Crippen LogP contribution in [0, 0.1) is 0 Å². The lowest BCUT2D eigenvalue weighted by molar-refractivity contribution is -0.870. The third kappa shape index (κ3) is 54.3. The van der Waals surface area contributed by atoms with Gasteiger partial charge in [-0.3, -0.25) is 9.59 Å². The first kappa shape index (κ1) is 67.7. The fourth-order valence-corrected chi connectivity index (χ4v) is 7.97. The third-order valence-corrected chi connectivity index (χ3v) is 12.4. The minimum atomic E-state index is -1.62. The summed E-state index contributed by atoms with van der Waals surface area (Å²) in [6.45, 7) is 4.64. The molecule has 0 spiro atoms. The summed E-state index contributed by atoms with van der Waals surface area (Å²) in [5, 5.41) is 11.8. The number of rotatable bonds is 53. The lowest BCUT2D eigenvalue weighted by Crippen LogP contribution is -2.44. The first-order valence-corrected chi connectivity index (χ1v) is 29.1. The van der Waals surface area contributed by atoms with Crippen molar-refractivity contribution in [2.45, 2.75) is 257 Å². The van der Waals surface area contributed by atoms with Crippen molar-refractivity contribution in [3.8, 4) is 0 Å². The van der Waals surface area contributed by atoms with Gasteiger partial charge in [-0.1, -0.05) is 222 Å². The molecule has 71 heavy (non-hydrogen) atoms. The molecule has 0 aromatic rings. The van der Waals surface area contributed by atoms with E-state index in [9.17, 15) is 19.5 Å². The van der Waals surface area contributed by atoms with Crippen LogP contribution in [0.3, 0.4) is 0 Å². The van der Waals surface area contributed by atoms with Crippen LogP contribution in [0.4, 0.5) is 0 Å². The lowest BCUT2D eigenvalue weighted by Gasteiger charge is -2.26. The zero-order chi connectivity index (χ0) is 52.0. The first-order valence-electron chi connectivity index (χ1n) is 29.1. The Labute approximate surface area is 437 Å². The summed E-state index contributed by atoms with van der Waals surface area (Å²) in [7, 11) is 5.92. The Balaban J connectivity index is 4.25. The number of quaternary nitrogens is 1. The van der Waals surface area contributed by atoms with Crippen molar-refractivity contribution in [2.24, 2.45) is 0 Å². The number of hydrogen-bond donors (Lipinski definition) is 0. The van der Waals surface area contributed by atoms with Crippen molar-refractivity contribution in [2.75, 3.05) is 47.5 Å². The molecule has 0 aromatic carbocycles. The number of nitrogens with zero attached hydrogens (tertiary/aromatic N) is 1. The second kappa shape index (κ2) is 53.0. The molecule has 9 nitrogen and oxygen atoms in total. The number of carboxylic acids is 1. The van der Waals surface area contributed by atoms with Crippen LogP contribution in [-0.2, 0) is 33.3 Å². The van der Waals surface area contributed by atoms with E-state index < -0.39 is 24.3 Å². The molecule has 0 N–H and O–H groups in total. The van der Waals surface area contributed by atoms with Gasteiger partial charge in [0, 0.05) is 12.8 Å². The van der Waals surface area contributed by atoms with Crippen LogP contribution in [0.1, 0.15) is 245 Å². The van der Waals surface area contributed by atoms with E-state index in [-0.39, 0.29) is 38.6 Å². The van der Waals surface area contributed by atoms with Crippen LogP contribution in [0.5, 0.6) is 0 Å². The normalized spacial score (nSPS) is 13.3. The highest BCUT2D eigenvalue weighted by Crippen LogP contribution is 2.16. The summed E-state index contributed by atoms with van der Waals surface area (Å²) in [6.07, 6.45) is 65.1. The maximum Gasteiger partial charge on any atom is 0.306 e. The number of carbonyl (C=O) groups is 3. The van der Waals surface area contributed by atoms with Crippen molar-refractivity contribution in [1.82, 2.24) is 0 Å². The molecule has 0 amide bonds. The Morgan fingerprint density at radius 3 is 1.21 bits per heavy atom. The van der Waals surface area contributed by atoms with Crippen LogP contribution in [0.2, 0.25) is 0 Å². The molecule has 410 valence electrons. The van der Waals surface area contributed by atoms with Crippen molar-refractivity contribution in [3.05, 3.63) is 72.9 Å². The first-order chi connectivity index (χ1) is 34.6. The molecule has 0 fully saturated rings. The van der Waals surface area contributed by atoms with E-state index in [4.69, 9.17) is 18.9 Å². The Morgan fingerprint density at radius 1 is 0.437 bits per heavy atom. The van der Waals surface area contributed by atoms with Crippen LogP contribution >= 0.6 is 0 Å². The van der Waals surface area contributed by atoms with Gasteiger partial charge in [-0.25, -0.2) is 0 Å². The second-order valence-electron chi connectivity index (χ2n) is 20.5. The van der Waals surface area contributed by atoms with Crippen molar-refractivity contribution in [1.29, 1.82) is 0 Å². The van der Waals surface area contributed by atoms with Crippen LogP contribution < -0.4 is 5.11 Å². The fraction of sp³-hybridized carbons (Fsp3) is 0.758. The highest BCUT2D eigenvalue weighted by Gasteiger charge is 2.22. The Kier molecular flexibility index (Phi) is 50.6. The van der Waals surface area contributed by atoms with E-state index in [2.05, 4.69) is 86.8 Å². The predicted octanol–water partition coefficient (Wildman–Crippen LogP) is 15.7. The summed E-state index contributed by atoms with van der Waals surface area (Å²) in [5.41, 5.74) is 0. The van der Waals surface area contributed by atoms with Crippen LogP contribution in [0.25, 0.3) is 0 Å². The van der Waals surface area contributed by atoms with Crippen LogP contribution in [0.15, 0.2) is 72.9 Å². The maximum absolute atomic E-state index is 12.9. The zero-order valence-electron chi connectivity index (χ0n) is 46.6. The average Bonchev–Trinajstić information content (AvgIpc) is 3.34. The van der Waals surface area contributed by atoms with Gasteiger partial charge in [-0.2, -0.15) is 0 Å². The number of ether oxygens (including phenoxy) is 4. The zero-order valence-corrected chi connectivity index (χ0v) is 46.6. The van der Waals surface area contributed by atoms with Crippen molar-refractivity contribution in [3.63, 3.8) is 0 Å². The highest BCUT2D eigenvalue weighted by molar-refractivity contribution is 5.70. The number of carboxylic acid groups (broad SMARTS) is 1. The summed E-state index contributed by atoms with van der Waals surface area (Å²) in [5.74, 6) is -2.29. The Morgan fingerprint density at radius 2 is 0.803 bits per heavy atom. The molecular formula is C62H109NO8. The van der Waals surface area contributed by atoms with E-state index in [1.807, 2.05) is 21.1 Å². The number of aliphatic carboxylic acids is 1. The molecule has 0 aliphatic rings. The van der Waals surface area contributed by atoms with Crippen LogP contribution in [-0.4, -0.2) is 82.3 Å². The van der Waals surface area contributed by atoms with E-state index in [0.29, 0.717) is 17.4 Å². The number of carbonyl (C=O) groups excluding carboxylic acids is 3. The summed E-state index contributed by atoms with van der Waals surface area (Å²) >= 11 is 0. The molecule has 0 bridgehead atoms. The lowest BCUT2D eigenvalue weighted by atomic mass is 10.0. The predicted molar refractivity (Wildman–Crippen MR) is 297 cm³/mol. The highest BCUT2D eigenvalue weighted by atomic mass is 16.7. The fourth-order valence-electron chi connectivity index (χ4n) is 7.97. The molecule has 0 saturated heterocycles. The van der Waals surface area contributed by atoms with Gasteiger partial charge in [0.2, 0.25) is 0 Å². The van der Waals surface area contributed by atoms with Gasteiger partial charge in [-0.15, -0.1) is 0 Å². The van der Waals surface area contributed by atoms with Gasteiger partial charge in [0.05, 0.1) is 40.3 Å². The van der Waals surface area contributed by atoms with Gasteiger partial charge in [0.15, 0.2) is 12.4 Å². The average molecular weight is 997 g/mol. The van der Waals surface area contributed by atoms with Crippen molar-refractivity contribution >= 4 is 17.9 Å². The number of esters is 2. The SMILES string of the molecule is CC/C=C\C/C=C\C/C=C\C/C=C\C/C=C\CCCCCCCCCCCCCC(=O)OC(COC(=O)CCCCCCCCCCC/C=C\CCCCCCCC)COC(OCC[N+](C)(C)C)C(=O)[O-]. The molecule has 0 aliphatic heterocycles. The third-order valence-electron chi connectivity index (χ3n) is 12.4. The molecule has 0 heterocycles. The van der Waals surface area contributed by atoms with Gasteiger partial charge in [0.25, 0.3) is 0 Å². The van der Waals surface area contributed by atoms with E-state index in [0.717, 1.165) is 77.0 Å². The van der Waals surface area contributed by atoms with Gasteiger partial charge in [0.1, 0.15) is 13.2 Å². The van der Waals surface area contributed by atoms with Gasteiger partial charge >= 0.3 is 11.9 Å². The number of hydrogen-bond acceptors (Lipinski definition) is 8. The van der Waals surface area contributed by atoms with E-state index in [1.165, 1.54) is 135 Å². The second-order valence-corrected chi connectivity index (χ2v) is 20.5. The van der Waals surface area contributed by atoms with Crippen molar-refractivity contribution < 1.29 is 42.9 Å². The topological polar surface area (TPSA) is 111 Å². The van der Waals surface area contributed by atoms with E-state index >= 15 is 0 Å². The van der Waals surface area contributed by atoms with E-state index in [1.54, 1.807) is 0 Å². The van der Waals surface area contributed by atoms with Gasteiger partial charge in [-0.05, 0) is 83.5 Å². The maximum atomic E-state index is 12.9. The number of allylic oxidation sites excluding steroid dienone is 12. The Bertz CT molecular complexity index is 1390. The van der Waals surface area contributed by atoms with Gasteiger partial charge < -0.3 is 33.3 Å². The molecule has 2 unspecified atom stereocenters. The monoisotopic (exact) mass is 996 g/mol. The minimum absolute atomic E-state index is 0.145. The molecule has 0 aromatic heterocycles. The smallest absolute Gasteiger partial charge is 0.306 e. The molecule has 0 saturated carbocycles. The molecular weight excluding hydrogens is 887 g/mol. The summed E-state index contributed by atoms with van der Waals surface area (Å²) in [6, 6.07) is 0. The quantitative estimate of drug-likeness (QED) is 0.0195. The standard InChI is InChI=1S/C62H109NO8/c1-6-8-10-12-14-16-18-20-22-24-26-27-28-29-30-31-32-33-35-37-39-41-43-45-47-49-51-53-60(65)71-58(57-70-62(61(66)67)68-55-54-63(3,4)5)56-69-59(64)52-50-48-46-44-42-40-38-36-34-25-23-21-19-17-15-13-11-9-7-2/h8,10,14,16,20-23,26-27,29-30,58,62H,6-7,9,11-13,15,17-19,24-25,28,31-57H2,1-5H3/b10-8-,16-14-,22-20-,23-21-,27-26-,30-29-. The number of unbranched alkanes of at least 4 members (excludes halogenated alkanes) is 26. The largest absolute Gasteiger partial charge is 0.545 e. The molecule has 0 aliphatic carbocycles. The molecule has 9 heteroatoms. The Hall–Kier alpha value is -3.27. The molecule has 0 radical (unpaired) electrons. The summed E-state index contributed by atoms with van der Waals surface area (Å²) in [4.78, 5) is 37.3.